The fourth-order valence-corrected chi connectivity index (χ4v) is 4.23. The molecule has 11 heteroatoms. The molecule has 3 heterocycles. The summed E-state index contributed by atoms with van der Waals surface area (Å²) in [6, 6.07) is 6.74. The van der Waals surface area contributed by atoms with Gasteiger partial charge in [-0.3, -0.25) is 9.48 Å². The van der Waals surface area contributed by atoms with Crippen LogP contribution in [0.4, 0.5) is 24.9 Å². The van der Waals surface area contributed by atoms with Crippen LogP contribution in [-0.2, 0) is 13.2 Å². The minimum absolute atomic E-state index is 0.00402. The first-order valence-corrected chi connectivity index (χ1v) is 10.8. The number of alkyl halides is 3. The summed E-state index contributed by atoms with van der Waals surface area (Å²) in [6.07, 6.45) is 1.20. The number of anilines is 2. The smallest absolute Gasteiger partial charge is 0.368 e. The van der Waals surface area contributed by atoms with Gasteiger partial charge in [0.1, 0.15) is 11.4 Å². The molecule has 0 aliphatic heterocycles. The maximum absolute atomic E-state index is 13.8. The summed E-state index contributed by atoms with van der Waals surface area (Å²) in [4.78, 5) is 21.0. The van der Waals surface area contributed by atoms with Gasteiger partial charge in [-0.05, 0) is 36.8 Å². The zero-order valence-corrected chi connectivity index (χ0v) is 18.5. The molecule has 4 aromatic rings. The lowest BCUT2D eigenvalue weighted by Gasteiger charge is -2.23. The topological polar surface area (TPSA) is 104 Å². The zero-order chi connectivity index (χ0) is 24.2. The molecule has 1 atom stereocenters. The van der Waals surface area contributed by atoms with Crippen molar-refractivity contribution in [1.29, 1.82) is 0 Å². The van der Waals surface area contributed by atoms with E-state index in [1.165, 1.54) is 0 Å². The predicted octanol–water partition coefficient (Wildman–Crippen LogP) is 4.30. The highest BCUT2D eigenvalue weighted by Crippen LogP contribution is 2.39. The van der Waals surface area contributed by atoms with E-state index in [9.17, 15) is 18.0 Å². The van der Waals surface area contributed by atoms with Gasteiger partial charge in [-0.1, -0.05) is 18.2 Å². The van der Waals surface area contributed by atoms with Crippen molar-refractivity contribution >= 4 is 22.5 Å². The first kappa shape index (κ1) is 21.9. The highest BCUT2D eigenvalue weighted by atomic mass is 19.4. The lowest BCUT2D eigenvalue weighted by atomic mass is 10.00. The number of hydrogen-bond donors (Lipinski definition) is 2. The molecular weight excluding hydrogens is 447 g/mol. The molecule has 0 bridgehead atoms. The van der Waals surface area contributed by atoms with E-state index < -0.39 is 23.6 Å². The largest absolute Gasteiger partial charge is 0.421 e. The molecular formula is C23H22F3N7O. The molecule has 5 rings (SSSR count). The molecule has 1 aliphatic carbocycles. The maximum Gasteiger partial charge on any atom is 0.421 e. The Labute approximate surface area is 192 Å². The third kappa shape index (κ3) is 3.87. The summed E-state index contributed by atoms with van der Waals surface area (Å²) >= 11 is 0. The molecule has 34 heavy (non-hydrogen) atoms. The van der Waals surface area contributed by atoms with E-state index in [0.29, 0.717) is 22.7 Å². The summed E-state index contributed by atoms with van der Waals surface area (Å²) in [5.41, 5.74) is 6.51. The Morgan fingerprint density at radius 2 is 2.00 bits per heavy atom. The van der Waals surface area contributed by atoms with Crippen LogP contribution in [-0.4, -0.2) is 24.3 Å². The molecule has 3 aromatic heterocycles. The molecule has 0 amide bonds. The maximum atomic E-state index is 13.8. The van der Waals surface area contributed by atoms with Crippen LogP contribution in [0, 0.1) is 0 Å². The highest BCUT2D eigenvalue weighted by molar-refractivity contribution is 5.96. The van der Waals surface area contributed by atoms with Gasteiger partial charge in [0.2, 0.25) is 5.95 Å². The third-order valence-electron chi connectivity index (χ3n) is 5.95. The van der Waals surface area contributed by atoms with Gasteiger partial charge in [-0.15, -0.1) is 0 Å². The molecule has 1 aliphatic rings. The second-order valence-corrected chi connectivity index (χ2v) is 8.50. The van der Waals surface area contributed by atoms with Crippen LogP contribution in [0.2, 0.25) is 0 Å². The molecule has 1 aromatic carbocycles. The van der Waals surface area contributed by atoms with Crippen molar-refractivity contribution in [3.05, 3.63) is 64.5 Å². The van der Waals surface area contributed by atoms with Gasteiger partial charge in [0.25, 0.3) is 5.56 Å². The Morgan fingerprint density at radius 1 is 1.24 bits per heavy atom. The number of hydrogen-bond acceptors (Lipinski definition) is 6. The summed E-state index contributed by atoms with van der Waals surface area (Å²) in [5.74, 6) is -0.701. The molecule has 0 unspecified atom stereocenters. The SMILES string of the molecule is C[C@H](Nc1nc(N)ncc1C(F)(F)F)c1cc2cccc(-c3cnn(C)c3)c2c(=O)n1C1CC1. The summed E-state index contributed by atoms with van der Waals surface area (Å²) in [5, 5.41) is 8.28. The van der Waals surface area contributed by atoms with E-state index in [2.05, 4.69) is 20.4 Å². The van der Waals surface area contributed by atoms with Crippen molar-refractivity contribution in [3.8, 4) is 11.1 Å². The number of pyridine rings is 1. The number of aryl methyl sites for hydroxylation is 1. The number of halogens is 3. The minimum Gasteiger partial charge on any atom is -0.368 e. The number of nitrogens with one attached hydrogen (secondary N) is 1. The predicted molar refractivity (Wildman–Crippen MR) is 122 cm³/mol. The minimum atomic E-state index is -4.66. The van der Waals surface area contributed by atoms with E-state index in [-0.39, 0.29) is 17.5 Å². The van der Waals surface area contributed by atoms with E-state index in [0.717, 1.165) is 24.0 Å². The van der Waals surface area contributed by atoms with Crippen LogP contribution in [0.1, 0.15) is 43.1 Å². The number of fused-ring (bicyclic) bond motifs is 1. The number of rotatable bonds is 5. The van der Waals surface area contributed by atoms with Crippen molar-refractivity contribution in [2.75, 3.05) is 11.1 Å². The molecule has 176 valence electrons. The standard InChI is InChI=1S/C23H22F3N7O/c1-12(30-20-17(23(24,25)26)10-28-22(27)31-20)18-8-13-4-3-5-16(14-9-29-32(2)11-14)19(13)21(34)33(18)15-6-7-15/h3-5,8-12,15H,6-7H2,1-2H3,(H3,27,28,30,31)/t12-/m0/s1. The van der Waals surface area contributed by atoms with Crippen LogP contribution >= 0.6 is 0 Å². The molecule has 0 saturated heterocycles. The highest BCUT2D eigenvalue weighted by Gasteiger charge is 2.36. The third-order valence-corrected chi connectivity index (χ3v) is 5.95. The van der Waals surface area contributed by atoms with Gasteiger partial charge in [0.05, 0.1) is 17.6 Å². The van der Waals surface area contributed by atoms with E-state index in [4.69, 9.17) is 5.73 Å². The van der Waals surface area contributed by atoms with Gasteiger partial charge >= 0.3 is 6.18 Å². The van der Waals surface area contributed by atoms with Crippen molar-refractivity contribution in [3.63, 3.8) is 0 Å². The second kappa shape index (κ2) is 7.86. The molecule has 3 N–H and O–H groups in total. The van der Waals surface area contributed by atoms with E-state index in [1.54, 1.807) is 29.4 Å². The molecule has 0 spiro atoms. The molecule has 1 saturated carbocycles. The Morgan fingerprint density at radius 3 is 2.65 bits per heavy atom. The van der Waals surface area contributed by atoms with E-state index in [1.807, 2.05) is 30.5 Å². The average molecular weight is 469 g/mol. The molecule has 0 radical (unpaired) electrons. The zero-order valence-electron chi connectivity index (χ0n) is 18.5. The van der Waals surface area contributed by atoms with Gasteiger partial charge in [0, 0.05) is 36.7 Å². The van der Waals surface area contributed by atoms with Gasteiger partial charge in [0.15, 0.2) is 0 Å². The molecule has 8 nitrogen and oxygen atoms in total. The normalized spacial score (nSPS) is 15.0. The monoisotopic (exact) mass is 469 g/mol. The van der Waals surface area contributed by atoms with E-state index >= 15 is 0 Å². The fraction of sp³-hybridized carbons (Fsp3) is 0.304. The van der Waals surface area contributed by atoms with Crippen LogP contribution < -0.4 is 16.6 Å². The summed E-state index contributed by atoms with van der Waals surface area (Å²) < 4.78 is 43.9. The van der Waals surface area contributed by atoms with Crippen LogP contribution in [0.3, 0.4) is 0 Å². The Bertz CT molecular complexity index is 1450. The Balaban J connectivity index is 1.65. The number of benzene rings is 1. The Kier molecular flexibility index (Phi) is 5.07. The summed E-state index contributed by atoms with van der Waals surface area (Å²) in [7, 11) is 1.80. The first-order chi connectivity index (χ1) is 16.1. The van der Waals surface area contributed by atoms with Crippen molar-refractivity contribution in [2.24, 2.45) is 7.05 Å². The average Bonchev–Trinajstić information content (AvgIpc) is 3.51. The summed E-state index contributed by atoms with van der Waals surface area (Å²) in [6.45, 7) is 1.70. The van der Waals surface area contributed by atoms with Crippen LogP contribution in [0.15, 0.2) is 47.7 Å². The first-order valence-electron chi connectivity index (χ1n) is 10.8. The van der Waals surface area contributed by atoms with Crippen molar-refractivity contribution in [2.45, 2.75) is 38.0 Å². The van der Waals surface area contributed by atoms with Crippen molar-refractivity contribution < 1.29 is 13.2 Å². The number of nitrogen functional groups attached to an aromatic ring is 1. The van der Waals surface area contributed by atoms with Gasteiger partial charge in [-0.25, -0.2) is 4.98 Å². The van der Waals surface area contributed by atoms with Gasteiger partial charge < -0.3 is 15.6 Å². The quantitative estimate of drug-likeness (QED) is 0.452. The Hall–Kier alpha value is -3.89. The number of nitrogens with two attached hydrogens (primary N) is 1. The number of aromatic nitrogens is 5. The fourth-order valence-electron chi connectivity index (χ4n) is 4.23. The van der Waals surface area contributed by atoms with Gasteiger partial charge in [-0.2, -0.15) is 23.3 Å². The van der Waals surface area contributed by atoms with Crippen LogP contribution in [0.25, 0.3) is 21.9 Å². The lowest BCUT2D eigenvalue weighted by Crippen LogP contribution is -2.27. The number of nitrogens with zero attached hydrogens (tertiary/aromatic N) is 5. The molecule has 1 fully saturated rings. The van der Waals surface area contributed by atoms with Crippen molar-refractivity contribution in [1.82, 2.24) is 24.3 Å². The van der Waals surface area contributed by atoms with Crippen LogP contribution in [0.5, 0.6) is 0 Å². The lowest BCUT2D eigenvalue weighted by molar-refractivity contribution is -0.137. The second-order valence-electron chi connectivity index (χ2n) is 8.50.